The molecule has 0 N–H and O–H groups in total. The van der Waals surface area contributed by atoms with Gasteiger partial charge in [0.05, 0.1) is 0 Å². The number of hydrogen-bond acceptors (Lipinski definition) is 4. The SMILES string of the molecule is CC(C)[C@H](C=O)N(C(=O)OC(C)(C)C)N1CCC(c2ccc(F)cc2)C(C)(C)C1. The fourth-order valence-electron chi connectivity index (χ4n) is 4.06. The molecule has 1 aromatic carbocycles. The Hall–Kier alpha value is -1.95. The Morgan fingerprint density at radius 1 is 1.28 bits per heavy atom. The Balaban J connectivity index is 2.29. The average Bonchev–Trinajstić information content (AvgIpc) is 2.57. The molecule has 1 aromatic rings. The van der Waals surface area contributed by atoms with Gasteiger partial charge < -0.3 is 9.53 Å². The maximum absolute atomic E-state index is 13.3. The van der Waals surface area contributed by atoms with Crippen LogP contribution in [0, 0.1) is 17.2 Å². The van der Waals surface area contributed by atoms with Crippen LogP contribution in [-0.4, -0.2) is 47.1 Å². The summed E-state index contributed by atoms with van der Waals surface area (Å²) in [6.07, 6.45) is 1.12. The van der Waals surface area contributed by atoms with Crippen molar-refractivity contribution in [3.63, 3.8) is 0 Å². The highest BCUT2D eigenvalue weighted by atomic mass is 19.1. The van der Waals surface area contributed by atoms with Crippen LogP contribution in [0.15, 0.2) is 24.3 Å². The fraction of sp³-hybridized carbons (Fsp3) is 0.652. The van der Waals surface area contributed by atoms with E-state index >= 15 is 0 Å². The van der Waals surface area contributed by atoms with Crippen molar-refractivity contribution in [3.05, 3.63) is 35.6 Å². The number of hydrazine groups is 1. The number of carbonyl (C=O) groups is 2. The van der Waals surface area contributed by atoms with Gasteiger partial charge in [-0.15, -0.1) is 0 Å². The lowest BCUT2D eigenvalue weighted by molar-refractivity contribution is -0.134. The average molecular weight is 407 g/mol. The van der Waals surface area contributed by atoms with Gasteiger partial charge in [-0.25, -0.2) is 19.2 Å². The highest BCUT2D eigenvalue weighted by molar-refractivity contribution is 5.73. The van der Waals surface area contributed by atoms with Gasteiger partial charge in [-0.3, -0.25) is 0 Å². The van der Waals surface area contributed by atoms with Crippen LogP contribution in [0.2, 0.25) is 0 Å². The molecule has 0 radical (unpaired) electrons. The normalized spacial score (nSPS) is 20.9. The summed E-state index contributed by atoms with van der Waals surface area (Å²) < 4.78 is 19.0. The van der Waals surface area contributed by atoms with E-state index in [1.165, 1.54) is 17.1 Å². The molecule has 1 fully saturated rings. The summed E-state index contributed by atoms with van der Waals surface area (Å²) in [4.78, 5) is 24.9. The number of ether oxygens (including phenoxy) is 1. The van der Waals surface area contributed by atoms with Crippen LogP contribution in [0.1, 0.15) is 66.4 Å². The zero-order valence-electron chi connectivity index (χ0n) is 18.7. The maximum Gasteiger partial charge on any atom is 0.425 e. The minimum absolute atomic E-state index is 0.0436. The molecule has 0 aromatic heterocycles. The summed E-state index contributed by atoms with van der Waals surface area (Å²) in [7, 11) is 0. The zero-order chi connectivity index (χ0) is 22.0. The van der Waals surface area contributed by atoms with E-state index in [4.69, 9.17) is 4.74 Å². The summed E-state index contributed by atoms with van der Waals surface area (Å²) in [5.74, 6) is -0.0580. The molecule has 0 bridgehead atoms. The van der Waals surface area contributed by atoms with Crippen molar-refractivity contribution < 1.29 is 18.7 Å². The van der Waals surface area contributed by atoms with Gasteiger partial charge >= 0.3 is 6.09 Å². The number of amides is 1. The highest BCUT2D eigenvalue weighted by Crippen LogP contribution is 2.43. The topological polar surface area (TPSA) is 49.9 Å². The second-order valence-corrected chi connectivity index (χ2v) is 9.97. The van der Waals surface area contributed by atoms with Crippen LogP contribution in [0.25, 0.3) is 0 Å². The molecule has 1 amide bonds. The maximum atomic E-state index is 13.3. The van der Waals surface area contributed by atoms with Gasteiger partial charge in [-0.05, 0) is 62.1 Å². The second-order valence-electron chi connectivity index (χ2n) is 9.97. The molecule has 1 unspecified atom stereocenters. The van der Waals surface area contributed by atoms with E-state index in [0.717, 1.165) is 18.3 Å². The van der Waals surface area contributed by atoms with Crippen molar-refractivity contribution in [2.45, 2.75) is 72.4 Å². The van der Waals surface area contributed by atoms with Crippen molar-refractivity contribution in [1.29, 1.82) is 0 Å². The van der Waals surface area contributed by atoms with Crippen LogP contribution in [0.3, 0.4) is 0 Å². The molecule has 6 heteroatoms. The van der Waals surface area contributed by atoms with Crippen molar-refractivity contribution >= 4 is 12.4 Å². The van der Waals surface area contributed by atoms with E-state index in [2.05, 4.69) is 13.8 Å². The van der Waals surface area contributed by atoms with Gasteiger partial charge in [-0.1, -0.05) is 39.8 Å². The summed E-state index contributed by atoms with van der Waals surface area (Å²) in [6.45, 7) is 14.8. The third-order valence-electron chi connectivity index (χ3n) is 5.47. The molecule has 1 heterocycles. The van der Waals surface area contributed by atoms with E-state index in [-0.39, 0.29) is 23.1 Å². The van der Waals surface area contributed by atoms with E-state index in [9.17, 15) is 14.0 Å². The lowest BCUT2D eigenvalue weighted by Crippen LogP contribution is -2.60. The van der Waals surface area contributed by atoms with Crippen LogP contribution in [-0.2, 0) is 9.53 Å². The third-order valence-corrected chi connectivity index (χ3v) is 5.47. The van der Waals surface area contributed by atoms with Gasteiger partial charge in [-0.2, -0.15) is 0 Å². The molecular weight excluding hydrogens is 371 g/mol. The van der Waals surface area contributed by atoms with E-state index in [1.54, 1.807) is 0 Å². The molecule has 1 aliphatic heterocycles. The first-order valence-corrected chi connectivity index (χ1v) is 10.3. The monoisotopic (exact) mass is 406 g/mol. The quantitative estimate of drug-likeness (QED) is 0.645. The van der Waals surface area contributed by atoms with E-state index in [1.807, 2.05) is 51.8 Å². The standard InChI is InChI=1S/C23H35FN2O3/c1-16(2)20(14-27)26(21(28)29-22(3,4)5)25-13-12-19(23(6,7)15-25)17-8-10-18(24)11-9-17/h8-11,14,16,19-20H,12-13,15H2,1-7H3/t19?,20-/m0/s1. The van der Waals surface area contributed by atoms with Gasteiger partial charge in [0.2, 0.25) is 0 Å². The first kappa shape index (κ1) is 23.3. The van der Waals surface area contributed by atoms with Crippen molar-refractivity contribution in [1.82, 2.24) is 10.0 Å². The fourth-order valence-corrected chi connectivity index (χ4v) is 4.06. The molecule has 29 heavy (non-hydrogen) atoms. The Morgan fingerprint density at radius 2 is 1.86 bits per heavy atom. The first-order chi connectivity index (χ1) is 13.4. The van der Waals surface area contributed by atoms with Crippen LogP contribution in [0.5, 0.6) is 0 Å². The van der Waals surface area contributed by atoms with Gasteiger partial charge in [0.15, 0.2) is 0 Å². The molecule has 2 atom stereocenters. The molecule has 162 valence electrons. The molecule has 0 aliphatic carbocycles. The number of piperidine rings is 1. The molecule has 5 nitrogen and oxygen atoms in total. The summed E-state index contributed by atoms with van der Waals surface area (Å²) in [5.41, 5.74) is 0.262. The smallest absolute Gasteiger partial charge is 0.425 e. The summed E-state index contributed by atoms with van der Waals surface area (Å²) in [6, 6.07) is 6.07. The minimum Gasteiger partial charge on any atom is -0.443 e. The number of hydrogen-bond donors (Lipinski definition) is 0. The largest absolute Gasteiger partial charge is 0.443 e. The molecule has 0 saturated carbocycles. The first-order valence-electron chi connectivity index (χ1n) is 10.3. The lowest BCUT2D eigenvalue weighted by atomic mass is 9.71. The number of rotatable bonds is 5. The third kappa shape index (κ3) is 5.78. The second kappa shape index (κ2) is 8.82. The van der Waals surface area contributed by atoms with E-state index in [0.29, 0.717) is 13.1 Å². The predicted molar refractivity (Wildman–Crippen MR) is 112 cm³/mol. The lowest BCUT2D eigenvalue weighted by Gasteiger charge is -2.49. The van der Waals surface area contributed by atoms with Crippen LogP contribution < -0.4 is 0 Å². The summed E-state index contributed by atoms with van der Waals surface area (Å²) in [5, 5.41) is 3.46. The summed E-state index contributed by atoms with van der Waals surface area (Å²) >= 11 is 0. The van der Waals surface area contributed by atoms with E-state index < -0.39 is 17.7 Å². The minimum atomic E-state index is -0.651. The van der Waals surface area contributed by atoms with Crippen molar-refractivity contribution in [3.8, 4) is 0 Å². The highest BCUT2D eigenvalue weighted by Gasteiger charge is 2.43. The van der Waals surface area contributed by atoms with Crippen LogP contribution >= 0.6 is 0 Å². The Morgan fingerprint density at radius 3 is 2.31 bits per heavy atom. The Labute approximate surface area is 174 Å². The van der Waals surface area contributed by atoms with Crippen molar-refractivity contribution in [2.24, 2.45) is 11.3 Å². The molecular formula is C23H35FN2O3. The molecule has 2 rings (SSSR count). The zero-order valence-corrected chi connectivity index (χ0v) is 18.7. The predicted octanol–water partition coefficient (Wildman–Crippen LogP) is 5.02. The molecule has 0 spiro atoms. The molecule has 1 saturated heterocycles. The number of benzene rings is 1. The Bertz CT molecular complexity index is 710. The molecule has 1 aliphatic rings. The number of aldehydes is 1. The number of carbonyl (C=O) groups excluding carboxylic acids is 2. The van der Waals surface area contributed by atoms with Crippen molar-refractivity contribution in [2.75, 3.05) is 13.1 Å². The van der Waals surface area contributed by atoms with Gasteiger partial charge in [0.25, 0.3) is 0 Å². The van der Waals surface area contributed by atoms with Gasteiger partial charge in [0.1, 0.15) is 23.7 Å². The Kier molecular flexibility index (Phi) is 7.10. The van der Waals surface area contributed by atoms with Crippen LogP contribution in [0.4, 0.5) is 9.18 Å². The number of nitrogens with zero attached hydrogens (tertiary/aromatic N) is 2. The van der Waals surface area contributed by atoms with Gasteiger partial charge in [0, 0.05) is 13.1 Å². The number of halogens is 1.